The number of carbonyl (C=O) groups excluding carboxylic acids is 1. The van der Waals surface area contributed by atoms with E-state index in [2.05, 4.69) is 45.1 Å². The summed E-state index contributed by atoms with van der Waals surface area (Å²) >= 11 is 0. The highest BCUT2D eigenvalue weighted by Crippen LogP contribution is 2.20. The van der Waals surface area contributed by atoms with Gasteiger partial charge in [0.2, 0.25) is 5.91 Å². The molecular formula is C17H22N4O. The van der Waals surface area contributed by atoms with Crippen LogP contribution in [-0.2, 0) is 11.3 Å². The molecule has 22 heavy (non-hydrogen) atoms. The average Bonchev–Trinajstić information content (AvgIpc) is 2.93. The number of benzene rings is 1. The van der Waals surface area contributed by atoms with Crippen molar-refractivity contribution in [2.24, 2.45) is 0 Å². The molecule has 1 unspecified atom stereocenters. The predicted octanol–water partition coefficient (Wildman–Crippen LogP) is 1.13. The summed E-state index contributed by atoms with van der Waals surface area (Å²) in [4.78, 5) is 22.4. The summed E-state index contributed by atoms with van der Waals surface area (Å²) < 4.78 is 0. The van der Waals surface area contributed by atoms with E-state index in [0.717, 1.165) is 39.3 Å². The van der Waals surface area contributed by atoms with Gasteiger partial charge in [0.15, 0.2) is 0 Å². The lowest BCUT2D eigenvalue weighted by atomic mass is 10.1. The Kier molecular flexibility index (Phi) is 3.39. The summed E-state index contributed by atoms with van der Waals surface area (Å²) in [6.45, 7) is 5.60. The zero-order valence-corrected chi connectivity index (χ0v) is 13.0. The number of piperazine rings is 2. The minimum absolute atomic E-state index is 0.0388. The van der Waals surface area contributed by atoms with Gasteiger partial charge >= 0.3 is 0 Å². The highest BCUT2D eigenvalue weighted by molar-refractivity contribution is 5.83. The van der Waals surface area contributed by atoms with E-state index in [4.69, 9.17) is 0 Å². The van der Waals surface area contributed by atoms with Gasteiger partial charge in [-0.1, -0.05) is 18.2 Å². The molecule has 2 saturated heterocycles. The second-order valence-electron chi connectivity index (χ2n) is 6.43. The minimum Gasteiger partial charge on any atom is -0.357 e. The molecule has 2 aliphatic heterocycles. The zero-order valence-electron chi connectivity index (χ0n) is 13.0. The molecule has 1 N–H and O–H groups in total. The largest absolute Gasteiger partial charge is 0.357 e. The lowest BCUT2D eigenvalue weighted by Crippen LogP contribution is -2.63. The third kappa shape index (κ3) is 2.40. The Hall–Kier alpha value is -1.85. The second kappa shape index (κ2) is 5.41. The first-order valence-corrected chi connectivity index (χ1v) is 7.99. The number of para-hydroxylation sites is 1. The Labute approximate surface area is 130 Å². The standard InChI is InChI=1S/C17H22N4O/c1-19-6-8-21-9-7-20(12-16(21)17(19)22)11-14-10-13-4-2-3-5-15(13)18-14/h2-5,10,16,18H,6-9,11-12H2,1H3. The van der Waals surface area contributed by atoms with Crippen LogP contribution in [0.5, 0.6) is 0 Å². The number of aromatic amines is 1. The number of fused-ring (bicyclic) bond motifs is 2. The van der Waals surface area contributed by atoms with Crippen molar-refractivity contribution in [3.05, 3.63) is 36.0 Å². The van der Waals surface area contributed by atoms with Gasteiger partial charge in [-0.2, -0.15) is 0 Å². The molecule has 5 heteroatoms. The third-order valence-corrected chi connectivity index (χ3v) is 4.94. The van der Waals surface area contributed by atoms with Crippen molar-refractivity contribution in [2.45, 2.75) is 12.6 Å². The zero-order chi connectivity index (χ0) is 15.1. The number of amides is 1. The predicted molar refractivity (Wildman–Crippen MR) is 86.6 cm³/mol. The Morgan fingerprint density at radius 2 is 2.00 bits per heavy atom. The van der Waals surface area contributed by atoms with E-state index in [9.17, 15) is 4.79 Å². The van der Waals surface area contributed by atoms with E-state index in [1.807, 2.05) is 11.9 Å². The van der Waals surface area contributed by atoms with Gasteiger partial charge in [0.25, 0.3) is 0 Å². The molecule has 0 saturated carbocycles. The first kappa shape index (κ1) is 13.8. The summed E-state index contributed by atoms with van der Waals surface area (Å²) in [5, 5.41) is 1.25. The molecule has 1 amide bonds. The molecule has 4 rings (SSSR count). The maximum absolute atomic E-state index is 12.3. The van der Waals surface area contributed by atoms with E-state index in [1.165, 1.54) is 16.6 Å². The Bertz CT molecular complexity index is 662. The van der Waals surface area contributed by atoms with Crippen molar-refractivity contribution in [3.63, 3.8) is 0 Å². The fourth-order valence-corrected chi connectivity index (χ4v) is 3.63. The molecule has 2 aliphatic rings. The Morgan fingerprint density at radius 3 is 2.86 bits per heavy atom. The van der Waals surface area contributed by atoms with Gasteiger partial charge in [0.05, 0.1) is 0 Å². The molecule has 1 aromatic carbocycles. The molecule has 1 atom stereocenters. The summed E-state index contributed by atoms with van der Waals surface area (Å²) in [5.41, 5.74) is 2.41. The topological polar surface area (TPSA) is 42.6 Å². The SMILES string of the molecule is CN1CCN2CCN(Cc3cc4ccccc4[nH]3)CC2C1=O. The quantitative estimate of drug-likeness (QED) is 0.904. The van der Waals surface area contributed by atoms with Crippen LogP contribution in [-0.4, -0.2) is 71.4 Å². The van der Waals surface area contributed by atoms with Crippen LogP contribution < -0.4 is 0 Å². The number of likely N-dealkylation sites (N-methyl/N-ethyl adjacent to an activating group) is 1. The minimum atomic E-state index is 0.0388. The smallest absolute Gasteiger partial charge is 0.241 e. The van der Waals surface area contributed by atoms with E-state index < -0.39 is 0 Å². The lowest BCUT2D eigenvalue weighted by Gasteiger charge is -2.45. The van der Waals surface area contributed by atoms with Crippen LogP contribution in [0.1, 0.15) is 5.69 Å². The molecular weight excluding hydrogens is 276 g/mol. The van der Waals surface area contributed by atoms with Crippen LogP contribution in [0.25, 0.3) is 10.9 Å². The second-order valence-corrected chi connectivity index (χ2v) is 6.43. The van der Waals surface area contributed by atoms with Crippen LogP contribution in [0, 0.1) is 0 Å². The highest BCUT2D eigenvalue weighted by atomic mass is 16.2. The highest BCUT2D eigenvalue weighted by Gasteiger charge is 2.37. The monoisotopic (exact) mass is 298 g/mol. The average molecular weight is 298 g/mol. The van der Waals surface area contributed by atoms with Gasteiger partial charge in [-0.15, -0.1) is 0 Å². The van der Waals surface area contributed by atoms with Crippen LogP contribution in [0.2, 0.25) is 0 Å². The molecule has 1 aromatic heterocycles. The van der Waals surface area contributed by atoms with Crippen LogP contribution in [0.3, 0.4) is 0 Å². The fourth-order valence-electron chi connectivity index (χ4n) is 3.63. The van der Waals surface area contributed by atoms with Crippen LogP contribution in [0.4, 0.5) is 0 Å². The van der Waals surface area contributed by atoms with Crippen LogP contribution in [0.15, 0.2) is 30.3 Å². The van der Waals surface area contributed by atoms with Gasteiger partial charge in [0, 0.05) is 57.5 Å². The number of rotatable bonds is 2. The van der Waals surface area contributed by atoms with Crippen molar-refractivity contribution in [2.75, 3.05) is 39.8 Å². The van der Waals surface area contributed by atoms with Crippen molar-refractivity contribution >= 4 is 16.8 Å². The maximum atomic E-state index is 12.3. The third-order valence-electron chi connectivity index (χ3n) is 4.94. The van der Waals surface area contributed by atoms with E-state index in [1.54, 1.807) is 0 Å². The normalized spacial score (nSPS) is 24.0. The number of hydrogen-bond acceptors (Lipinski definition) is 3. The Balaban J connectivity index is 1.48. The van der Waals surface area contributed by atoms with Crippen LogP contribution >= 0.6 is 0 Å². The molecule has 3 heterocycles. The summed E-state index contributed by atoms with van der Waals surface area (Å²) in [6.07, 6.45) is 0. The maximum Gasteiger partial charge on any atom is 0.241 e. The van der Waals surface area contributed by atoms with Crippen molar-refractivity contribution in [1.82, 2.24) is 19.7 Å². The van der Waals surface area contributed by atoms with Gasteiger partial charge in [-0.3, -0.25) is 14.6 Å². The molecule has 0 radical (unpaired) electrons. The van der Waals surface area contributed by atoms with Gasteiger partial charge in [-0.25, -0.2) is 0 Å². The van der Waals surface area contributed by atoms with E-state index >= 15 is 0 Å². The first-order chi connectivity index (χ1) is 10.7. The summed E-state index contributed by atoms with van der Waals surface area (Å²) in [7, 11) is 1.91. The molecule has 5 nitrogen and oxygen atoms in total. The van der Waals surface area contributed by atoms with E-state index in [-0.39, 0.29) is 11.9 Å². The van der Waals surface area contributed by atoms with Gasteiger partial charge in [-0.05, 0) is 17.5 Å². The number of nitrogens with one attached hydrogen (secondary N) is 1. The molecule has 0 spiro atoms. The Morgan fingerprint density at radius 1 is 1.18 bits per heavy atom. The summed E-state index contributed by atoms with van der Waals surface area (Å²) in [5.74, 6) is 0.271. The number of H-pyrrole nitrogens is 1. The van der Waals surface area contributed by atoms with E-state index in [0.29, 0.717) is 0 Å². The van der Waals surface area contributed by atoms with Crippen molar-refractivity contribution < 1.29 is 4.79 Å². The summed E-state index contributed by atoms with van der Waals surface area (Å²) in [6, 6.07) is 10.6. The number of carbonyl (C=O) groups is 1. The molecule has 116 valence electrons. The molecule has 2 fully saturated rings. The molecule has 0 bridgehead atoms. The molecule has 2 aromatic rings. The number of hydrogen-bond donors (Lipinski definition) is 1. The lowest BCUT2D eigenvalue weighted by molar-refractivity contribution is -0.143. The number of aromatic nitrogens is 1. The first-order valence-electron chi connectivity index (χ1n) is 7.99. The number of nitrogens with zero attached hydrogens (tertiary/aromatic N) is 3. The van der Waals surface area contributed by atoms with Crippen molar-refractivity contribution in [3.8, 4) is 0 Å². The van der Waals surface area contributed by atoms with Crippen molar-refractivity contribution in [1.29, 1.82) is 0 Å². The van der Waals surface area contributed by atoms with Gasteiger partial charge < -0.3 is 9.88 Å². The fraction of sp³-hybridized carbons (Fsp3) is 0.471. The van der Waals surface area contributed by atoms with Gasteiger partial charge in [0.1, 0.15) is 6.04 Å². The molecule has 0 aliphatic carbocycles.